The van der Waals surface area contributed by atoms with Crippen LogP contribution in [0.25, 0.3) is 5.57 Å². The predicted octanol–water partition coefficient (Wildman–Crippen LogP) is 1.84. The Hall–Kier alpha value is -2.63. The second-order valence-corrected chi connectivity index (χ2v) is 6.20. The zero-order valence-corrected chi connectivity index (χ0v) is 14.0. The van der Waals surface area contributed by atoms with E-state index in [0.717, 1.165) is 32.4 Å². The molecule has 0 unspecified atom stereocenters. The molecule has 1 aromatic rings. The van der Waals surface area contributed by atoms with Crippen LogP contribution in [0.4, 0.5) is 5.69 Å². The maximum absolute atomic E-state index is 12.6. The van der Waals surface area contributed by atoms with E-state index in [-0.39, 0.29) is 17.7 Å². The van der Waals surface area contributed by atoms with Crippen LogP contribution in [0.3, 0.4) is 0 Å². The van der Waals surface area contributed by atoms with Crippen LogP contribution in [0.2, 0.25) is 0 Å². The topological polar surface area (TPSA) is 69.7 Å². The lowest BCUT2D eigenvalue weighted by Gasteiger charge is -2.29. The summed E-state index contributed by atoms with van der Waals surface area (Å²) in [5, 5.41) is 2.70. The van der Waals surface area contributed by atoms with Gasteiger partial charge in [-0.05, 0) is 37.0 Å². The molecule has 0 aliphatic carbocycles. The average molecular weight is 327 g/mol. The molecular formula is C18H21N3O3. The third kappa shape index (κ3) is 2.91. The number of amides is 3. The normalized spacial score (nSPS) is 18.4. The number of rotatable bonds is 3. The molecular weight excluding hydrogens is 306 g/mol. The summed E-state index contributed by atoms with van der Waals surface area (Å²) >= 11 is 0. The van der Waals surface area contributed by atoms with Crippen molar-refractivity contribution in [3.05, 3.63) is 35.5 Å². The van der Waals surface area contributed by atoms with Gasteiger partial charge in [-0.25, -0.2) is 0 Å². The van der Waals surface area contributed by atoms with Crippen LogP contribution in [0.1, 0.15) is 31.7 Å². The van der Waals surface area contributed by atoms with E-state index < -0.39 is 0 Å². The molecule has 1 aromatic carbocycles. The summed E-state index contributed by atoms with van der Waals surface area (Å²) in [7, 11) is 1.52. The van der Waals surface area contributed by atoms with Gasteiger partial charge in [-0.2, -0.15) is 0 Å². The maximum Gasteiger partial charge on any atom is 0.277 e. The second kappa shape index (κ2) is 6.47. The van der Waals surface area contributed by atoms with Crippen LogP contribution >= 0.6 is 0 Å². The van der Waals surface area contributed by atoms with Gasteiger partial charge in [0.05, 0.1) is 5.57 Å². The smallest absolute Gasteiger partial charge is 0.277 e. The van der Waals surface area contributed by atoms with Crippen LogP contribution in [-0.2, 0) is 14.4 Å². The fourth-order valence-electron chi connectivity index (χ4n) is 3.22. The Kier molecular flexibility index (Phi) is 4.38. The minimum Gasteiger partial charge on any atom is -0.366 e. The van der Waals surface area contributed by atoms with Gasteiger partial charge in [0.1, 0.15) is 5.70 Å². The Labute approximate surface area is 141 Å². The molecule has 2 aliphatic heterocycles. The average Bonchev–Trinajstić information content (AvgIpc) is 2.80. The molecule has 6 nitrogen and oxygen atoms in total. The fraction of sp³-hybridized carbons (Fsp3) is 0.389. The Balaban J connectivity index is 1.99. The molecule has 2 heterocycles. The van der Waals surface area contributed by atoms with E-state index >= 15 is 0 Å². The van der Waals surface area contributed by atoms with Crippen LogP contribution in [0.15, 0.2) is 30.0 Å². The largest absolute Gasteiger partial charge is 0.366 e. The zero-order chi connectivity index (χ0) is 17.3. The molecule has 6 heteroatoms. The van der Waals surface area contributed by atoms with Crippen molar-refractivity contribution in [2.75, 3.05) is 25.5 Å². The van der Waals surface area contributed by atoms with E-state index in [1.54, 1.807) is 24.3 Å². The lowest BCUT2D eigenvalue weighted by Crippen LogP contribution is -2.35. The maximum atomic E-state index is 12.6. The minimum absolute atomic E-state index is 0.150. The van der Waals surface area contributed by atoms with Gasteiger partial charge in [0.15, 0.2) is 0 Å². The number of hydrogen-bond acceptors (Lipinski definition) is 4. The van der Waals surface area contributed by atoms with Crippen molar-refractivity contribution in [3.8, 4) is 0 Å². The Morgan fingerprint density at radius 3 is 2.21 bits per heavy atom. The first kappa shape index (κ1) is 16.2. The number of nitrogens with zero attached hydrogens (tertiary/aromatic N) is 2. The number of likely N-dealkylation sites (tertiary alicyclic amines) is 1. The molecule has 24 heavy (non-hydrogen) atoms. The predicted molar refractivity (Wildman–Crippen MR) is 90.9 cm³/mol. The molecule has 0 radical (unpaired) electrons. The van der Waals surface area contributed by atoms with E-state index in [1.807, 2.05) is 4.90 Å². The van der Waals surface area contributed by atoms with Crippen molar-refractivity contribution >= 4 is 29.0 Å². The molecule has 0 saturated carbocycles. The first-order valence-electron chi connectivity index (χ1n) is 8.18. The summed E-state index contributed by atoms with van der Waals surface area (Å²) in [6.07, 6.45) is 3.22. The minimum atomic E-state index is -0.271. The number of piperidine rings is 1. The first-order chi connectivity index (χ1) is 11.5. The fourth-order valence-corrected chi connectivity index (χ4v) is 3.22. The number of hydrogen-bond donors (Lipinski definition) is 1. The highest BCUT2D eigenvalue weighted by Gasteiger charge is 2.39. The van der Waals surface area contributed by atoms with E-state index in [4.69, 9.17) is 0 Å². The summed E-state index contributed by atoms with van der Waals surface area (Å²) in [4.78, 5) is 39.5. The summed E-state index contributed by atoms with van der Waals surface area (Å²) in [6, 6.07) is 7.03. The van der Waals surface area contributed by atoms with Crippen LogP contribution in [0.5, 0.6) is 0 Å². The van der Waals surface area contributed by atoms with Crippen molar-refractivity contribution in [3.63, 3.8) is 0 Å². The summed E-state index contributed by atoms with van der Waals surface area (Å²) in [5.74, 6) is -0.654. The van der Waals surface area contributed by atoms with Gasteiger partial charge in [-0.1, -0.05) is 12.1 Å². The van der Waals surface area contributed by atoms with Gasteiger partial charge in [-0.15, -0.1) is 0 Å². The van der Waals surface area contributed by atoms with Crippen molar-refractivity contribution in [2.24, 2.45) is 0 Å². The van der Waals surface area contributed by atoms with E-state index in [1.165, 1.54) is 18.9 Å². The molecule has 1 N–H and O–H groups in total. The van der Waals surface area contributed by atoms with Gasteiger partial charge in [0.25, 0.3) is 11.8 Å². The van der Waals surface area contributed by atoms with E-state index in [2.05, 4.69) is 5.32 Å². The number of carbonyl (C=O) groups is 3. The Bertz CT molecular complexity index is 716. The van der Waals surface area contributed by atoms with Gasteiger partial charge in [0, 0.05) is 32.7 Å². The molecule has 3 amide bonds. The summed E-state index contributed by atoms with van der Waals surface area (Å²) < 4.78 is 0. The molecule has 0 atom stereocenters. The first-order valence-corrected chi connectivity index (χ1v) is 8.18. The molecule has 3 rings (SSSR count). The van der Waals surface area contributed by atoms with Crippen LogP contribution in [0, 0.1) is 0 Å². The highest BCUT2D eigenvalue weighted by molar-refractivity contribution is 6.35. The molecule has 0 bridgehead atoms. The van der Waals surface area contributed by atoms with Crippen molar-refractivity contribution < 1.29 is 14.4 Å². The lowest BCUT2D eigenvalue weighted by molar-refractivity contribution is -0.136. The van der Waals surface area contributed by atoms with Crippen molar-refractivity contribution in [2.45, 2.75) is 26.2 Å². The molecule has 0 aromatic heterocycles. The monoisotopic (exact) mass is 327 g/mol. The molecule has 1 fully saturated rings. The van der Waals surface area contributed by atoms with Crippen molar-refractivity contribution in [1.29, 1.82) is 0 Å². The number of benzene rings is 1. The third-order valence-corrected chi connectivity index (χ3v) is 4.43. The zero-order valence-electron chi connectivity index (χ0n) is 14.0. The van der Waals surface area contributed by atoms with E-state index in [0.29, 0.717) is 22.5 Å². The SMILES string of the molecule is CC(=O)Nc1ccc(C2=C(N3CCCCC3)C(=O)N(C)C2=O)cc1. The van der Waals surface area contributed by atoms with Gasteiger partial charge < -0.3 is 10.2 Å². The Morgan fingerprint density at radius 2 is 1.62 bits per heavy atom. The summed E-state index contributed by atoms with van der Waals surface area (Å²) in [5.41, 5.74) is 2.33. The van der Waals surface area contributed by atoms with Crippen LogP contribution in [-0.4, -0.2) is 47.7 Å². The lowest BCUT2D eigenvalue weighted by atomic mass is 10.0. The molecule has 1 saturated heterocycles. The molecule has 2 aliphatic rings. The second-order valence-electron chi connectivity index (χ2n) is 6.20. The number of anilines is 1. The number of likely N-dealkylation sites (N-methyl/N-ethyl adjacent to an activating group) is 1. The van der Waals surface area contributed by atoms with Crippen LogP contribution < -0.4 is 5.32 Å². The van der Waals surface area contributed by atoms with Gasteiger partial charge >= 0.3 is 0 Å². The van der Waals surface area contributed by atoms with Gasteiger partial charge in [0.2, 0.25) is 5.91 Å². The van der Waals surface area contributed by atoms with Gasteiger partial charge in [-0.3, -0.25) is 19.3 Å². The standard InChI is InChI=1S/C18H21N3O3/c1-12(22)19-14-8-6-13(7-9-14)15-16(18(24)20(2)17(15)23)21-10-4-3-5-11-21/h6-9H,3-5,10-11H2,1-2H3,(H,19,22). The molecule has 126 valence electrons. The number of nitrogens with one attached hydrogen (secondary N) is 1. The van der Waals surface area contributed by atoms with Crippen molar-refractivity contribution in [1.82, 2.24) is 9.80 Å². The highest BCUT2D eigenvalue weighted by atomic mass is 16.2. The molecule has 0 spiro atoms. The van der Waals surface area contributed by atoms with E-state index in [9.17, 15) is 14.4 Å². The Morgan fingerprint density at radius 1 is 1.00 bits per heavy atom. The number of imide groups is 1. The third-order valence-electron chi connectivity index (χ3n) is 4.43. The number of carbonyl (C=O) groups excluding carboxylic acids is 3. The highest BCUT2D eigenvalue weighted by Crippen LogP contribution is 2.32. The quantitative estimate of drug-likeness (QED) is 0.860. The summed E-state index contributed by atoms with van der Waals surface area (Å²) in [6.45, 7) is 3.05.